The van der Waals surface area contributed by atoms with E-state index in [1.807, 2.05) is 31.2 Å². The van der Waals surface area contributed by atoms with Crippen LogP contribution in [0.3, 0.4) is 0 Å². The van der Waals surface area contributed by atoms with Crippen LogP contribution in [0.25, 0.3) is 0 Å². The molecule has 0 saturated heterocycles. The fraction of sp³-hybridized carbons (Fsp3) is 0.217. The van der Waals surface area contributed by atoms with Gasteiger partial charge in [-0.15, -0.1) is 11.3 Å². The van der Waals surface area contributed by atoms with Crippen LogP contribution in [0, 0.1) is 12.7 Å². The van der Waals surface area contributed by atoms with Crippen molar-refractivity contribution in [3.63, 3.8) is 0 Å². The fourth-order valence-electron chi connectivity index (χ4n) is 3.12. The summed E-state index contributed by atoms with van der Waals surface area (Å²) in [7, 11) is 0. The lowest BCUT2D eigenvalue weighted by Crippen LogP contribution is -2.23. The predicted molar refractivity (Wildman–Crippen MR) is 118 cm³/mol. The Morgan fingerprint density at radius 1 is 1.25 bits per heavy atom. The maximum Gasteiger partial charge on any atom is 0.351 e. The molecule has 1 unspecified atom stereocenters. The molecule has 164 valence electrons. The van der Waals surface area contributed by atoms with E-state index in [-0.39, 0.29) is 31.2 Å². The van der Waals surface area contributed by atoms with Crippen LogP contribution in [-0.2, 0) is 32.2 Å². The quantitative estimate of drug-likeness (QED) is 0.546. The van der Waals surface area contributed by atoms with Gasteiger partial charge in [-0.2, -0.15) is 0 Å². The number of hydrogen-bond donors (Lipinski definition) is 1. The van der Waals surface area contributed by atoms with E-state index in [0.29, 0.717) is 22.0 Å². The third kappa shape index (κ3) is 5.36. The molecule has 2 heterocycles. The Labute approximate surface area is 187 Å². The van der Waals surface area contributed by atoms with Crippen LogP contribution in [0.1, 0.15) is 28.2 Å². The van der Waals surface area contributed by atoms with Crippen molar-refractivity contribution in [1.29, 1.82) is 0 Å². The Morgan fingerprint density at radius 3 is 2.91 bits per heavy atom. The molecule has 1 aliphatic heterocycles. The number of carbonyl (C=O) groups is 2. The highest BCUT2D eigenvalue weighted by atomic mass is 32.1. The molecular formula is C23H20FN3O4S. The minimum Gasteiger partial charge on any atom is -0.456 e. The number of hydrogen-bond acceptors (Lipinski definition) is 7. The highest BCUT2D eigenvalue weighted by molar-refractivity contribution is 7.09. The topological polar surface area (TPSA) is 89.9 Å². The number of nitrogens with one attached hydrogen (secondary N) is 1. The van der Waals surface area contributed by atoms with Crippen LogP contribution < -0.4 is 5.32 Å². The number of aryl methyl sites for hydroxylation is 1. The van der Waals surface area contributed by atoms with E-state index in [0.717, 1.165) is 11.3 Å². The van der Waals surface area contributed by atoms with Crippen LogP contribution in [-0.4, -0.2) is 28.7 Å². The van der Waals surface area contributed by atoms with E-state index >= 15 is 0 Å². The number of nitrogens with zero attached hydrogens (tertiary/aromatic N) is 2. The summed E-state index contributed by atoms with van der Waals surface area (Å²) in [5, 5.41) is 9.10. The molecular weight excluding hydrogens is 433 g/mol. The van der Waals surface area contributed by atoms with Crippen molar-refractivity contribution in [2.24, 2.45) is 5.16 Å². The summed E-state index contributed by atoms with van der Waals surface area (Å²) in [4.78, 5) is 34.1. The normalized spacial score (nSPS) is 15.1. The third-order valence-corrected chi connectivity index (χ3v) is 5.68. The van der Waals surface area contributed by atoms with Gasteiger partial charge in [0.15, 0.2) is 0 Å². The molecule has 0 spiro atoms. The molecule has 1 N–H and O–H groups in total. The first kappa shape index (κ1) is 21.6. The van der Waals surface area contributed by atoms with E-state index in [1.165, 1.54) is 23.5 Å². The zero-order chi connectivity index (χ0) is 22.5. The summed E-state index contributed by atoms with van der Waals surface area (Å²) in [6.45, 7) is 1.88. The maximum absolute atomic E-state index is 13.4. The van der Waals surface area contributed by atoms with Gasteiger partial charge in [-0.3, -0.25) is 4.79 Å². The molecule has 7 nitrogen and oxygen atoms in total. The second-order valence-electron chi connectivity index (χ2n) is 7.23. The molecule has 4 rings (SSSR count). The number of esters is 1. The van der Waals surface area contributed by atoms with Crippen molar-refractivity contribution in [3.8, 4) is 0 Å². The number of ether oxygens (including phenoxy) is 1. The number of benzene rings is 2. The molecule has 9 heteroatoms. The lowest BCUT2D eigenvalue weighted by Gasteiger charge is -2.08. The van der Waals surface area contributed by atoms with Crippen molar-refractivity contribution in [2.45, 2.75) is 32.5 Å². The highest BCUT2D eigenvalue weighted by Gasteiger charge is 2.30. The minimum absolute atomic E-state index is 0.0378. The number of carbonyl (C=O) groups excluding carboxylic acids is 2. The average molecular weight is 453 g/mol. The Morgan fingerprint density at radius 2 is 2.09 bits per heavy atom. The fourth-order valence-corrected chi connectivity index (χ4v) is 3.90. The number of anilines is 1. The van der Waals surface area contributed by atoms with E-state index in [1.54, 1.807) is 17.5 Å². The van der Waals surface area contributed by atoms with Crippen molar-refractivity contribution < 1.29 is 23.6 Å². The summed E-state index contributed by atoms with van der Waals surface area (Å²) in [5.41, 5.74) is 3.34. The lowest BCUT2D eigenvalue weighted by molar-refractivity contribution is -0.156. The van der Waals surface area contributed by atoms with Gasteiger partial charge >= 0.3 is 5.97 Å². The van der Waals surface area contributed by atoms with E-state index in [9.17, 15) is 14.0 Å². The number of para-hydroxylation sites is 1. The van der Waals surface area contributed by atoms with Gasteiger partial charge in [0.1, 0.15) is 17.4 Å². The van der Waals surface area contributed by atoms with Crippen LogP contribution in [0.5, 0.6) is 0 Å². The molecule has 0 bridgehead atoms. The van der Waals surface area contributed by atoms with Gasteiger partial charge in [0.25, 0.3) is 0 Å². The van der Waals surface area contributed by atoms with Crippen LogP contribution in [0.2, 0.25) is 0 Å². The Kier molecular flexibility index (Phi) is 6.55. The van der Waals surface area contributed by atoms with Gasteiger partial charge in [-0.25, -0.2) is 14.2 Å². The summed E-state index contributed by atoms with van der Waals surface area (Å²) < 4.78 is 18.7. The third-order valence-electron chi connectivity index (χ3n) is 4.78. The lowest BCUT2D eigenvalue weighted by atomic mass is 10.1. The number of oxime groups is 1. The van der Waals surface area contributed by atoms with E-state index in [2.05, 4.69) is 15.5 Å². The zero-order valence-electron chi connectivity index (χ0n) is 17.2. The number of aromatic nitrogens is 1. The largest absolute Gasteiger partial charge is 0.456 e. The van der Waals surface area contributed by atoms with E-state index < -0.39 is 12.1 Å². The van der Waals surface area contributed by atoms with Crippen molar-refractivity contribution in [3.05, 3.63) is 81.6 Å². The highest BCUT2D eigenvalue weighted by Crippen LogP contribution is 2.20. The number of halogens is 1. The summed E-state index contributed by atoms with van der Waals surface area (Å²) >= 11 is 1.32. The monoisotopic (exact) mass is 453 g/mol. The molecule has 0 aliphatic carbocycles. The first-order valence-corrected chi connectivity index (χ1v) is 10.8. The number of amides is 1. The van der Waals surface area contributed by atoms with Crippen LogP contribution in [0.15, 0.2) is 59.1 Å². The van der Waals surface area contributed by atoms with Gasteiger partial charge in [0.2, 0.25) is 12.0 Å². The average Bonchev–Trinajstić information content (AvgIpc) is 3.44. The molecule has 1 aliphatic rings. The Hall–Kier alpha value is -3.59. The van der Waals surface area contributed by atoms with Gasteiger partial charge in [-0.1, -0.05) is 35.5 Å². The molecule has 1 aromatic heterocycles. The molecule has 32 heavy (non-hydrogen) atoms. The zero-order valence-corrected chi connectivity index (χ0v) is 18.0. The number of thiazole rings is 1. The number of rotatable bonds is 7. The first-order valence-electron chi connectivity index (χ1n) is 9.92. The second kappa shape index (κ2) is 9.69. The minimum atomic E-state index is -0.883. The Bertz CT molecular complexity index is 1180. The SMILES string of the molecule is Cc1ccccc1NC(=O)Cc1nc(COC(=O)C2CC(c3cccc(F)c3)=NO2)cs1. The maximum atomic E-state index is 13.4. The van der Waals surface area contributed by atoms with Crippen molar-refractivity contribution in [1.82, 2.24) is 4.98 Å². The molecule has 0 radical (unpaired) electrons. The standard InChI is InChI=1S/C23H20FN3O4S/c1-14-5-2-3-8-18(14)26-21(28)11-22-25-17(13-32-22)12-30-23(29)20-10-19(27-31-20)15-6-4-7-16(24)9-15/h2-9,13,20H,10-12H2,1H3,(H,26,28). The summed E-state index contributed by atoms with van der Waals surface area (Å²) in [6, 6.07) is 13.5. The van der Waals surface area contributed by atoms with Crippen molar-refractivity contribution in [2.75, 3.05) is 5.32 Å². The van der Waals surface area contributed by atoms with E-state index in [4.69, 9.17) is 9.57 Å². The molecule has 1 amide bonds. The van der Waals surface area contributed by atoms with Crippen LogP contribution in [0.4, 0.5) is 10.1 Å². The smallest absolute Gasteiger partial charge is 0.351 e. The molecule has 2 aromatic carbocycles. The molecule has 0 saturated carbocycles. The van der Waals surface area contributed by atoms with Gasteiger partial charge < -0.3 is 14.9 Å². The van der Waals surface area contributed by atoms with Gasteiger partial charge in [-0.05, 0) is 30.7 Å². The summed E-state index contributed by atoms with van der Waals surface area (Å²) in [5.74, 6) is -1.13. The first-order chi connectivity index (χ1) is 15.5. The van der Waals surface area contributed by atoms with Gasteiger partial charge in [0.05, 0.1) is 17.8 Å². The summed E-state index contributed by atoms with van der Waals surface area (Å²) in [6.07, 6.45) is -0.557. The second-order valence-corrected chi connectivity index (χ2v) is 8.17. The van der Waals surface area contributed by atoms with Crippen LogP contribution >= 0.6 is 11.3 Å². The van der Waals surface area contributed by atoms with Gasteiger partial charge in [0, 0.05) is 23.1 Å². The van der Waals surface area contributed by atoms with Crippen molar-refractivity contribution >= 4 is 34.6 Å². The molecule has 1 atom stereocenters. The molecule has 3 aromatic rings. The predicted octanol–water partition coefficient (Wildman–Crippen LogP) is 4.01. The Balaban J connectivity index is 1.25. The molecule has 0 fully saturated rings.